The van der Waals surface area contributed by atoms with E-state index >= 15 is 0 Å². The van der Waals surface area contributed by atoms with Crippen LogP contribution in [0.25, 0.3) is 0 Å². The van der Waals surface area contributed by atoms with Crippen LogP contribution in [0.1, 0.15) is 0 Å². The predicted molar refractivity (Wildman–Crippen MR) is 44.0 cm³/mol. The van der Waals surface area contributed by atoms with Crippen LogP contribution in [0.15, 0.2) is 0 Å². The maximum Gasteiger partial charge on any atom is 0.314 e. The Morgan fingerprint density at radius 1 is 1.45 bits per heavy atom. The van der Waals surface area contributed by atoms with Gasteiger partial charge >= 0.3 is 6.03 Å². The largest absolute Gasteiger partial charge is 0.383 e. The van der Waals surface area contributed by atoms with Gasteiger partial charge in [0, 0.05) is 26.1 Å². The number of hydrogen-bond acceptors (Lipinski definition) is 2. The zero-order valence-electron chi connectivity index (χ0n) is 6.52. The van der Waals surface area contributed by atoms with Crippen LogP contribution in [-0.4, -0.2) is 38.7 Å². The molecule has 66 valence electrons. The topological polar surface area (TPSA) is 50.4 Å². The Labute approximate surface area is 71.2 Å². The van der Waals surface area contributed by atoms with Crippen molar-refractivity contribution in [3.05, 3.63) is 0 Å². The van der Waals surface area contributed by atoms with Gasteiger partial charge in [-0.25, -0.2) is 4.79 Å². The van der Waals surface area contributed by atoms with Crippen molar-refractivity contribution < 1.29 is 9.53 Å². The van der Waals surface area contributed by atoms with Gasteiger partial charge in [0.1, 0.15) is 0 Å². The van der Waals surface area contributed by atoms with E-state index in [1.165, 1.54) is 0 Å². The molecule has 5 heteroatoms. The first kappa shape index (κ1) is 10.5. The van der Waals surface area contributed by atoms with Crippen molar-refractivity contribution in [3.63, 3.8) is 0 Å². The second kappa shape index (κ2) is 7.63. The van der Waals surface area contributed by atoms with Crippen molar-refractivity contribution in [3.8, 4) is 0 Å². The van der Waals surface area contributed by atoms with E-state index in [-0.39, 0.29) is 6.03 Å². The van der Waals surface area contributed by atoms with Gasteiger partial charge in [-0.2, -0.15) is 0 Å². The number of urea groups is 1. The lowest BCUT2D eigenvalue weighted by atomic mass is 10.6. The second-order valence-electron chi connectivity index (χ2n) is 1.86. The zero-order chi connectivity index (χ0) is 8.53. The predicted octanol–water partition coefficient (Wildman–Crippen LogP) is 0.171. The van der Waals surface area contributed by atoms with Crippen LogP contribution in [0.3, 0.4) is 0 Å². The molecule has 4 nitrogen and oxygen atoms in total. The third-order valence-electron chi connectivity index (χ3n) is 0.972. The first-order chi connectivity index (χ1) is 5.31. The zero-order valence-corrected chi connectivity index (χ0v) is 7.28. The molecule has 0 radical (unpaired) electrons. The minimum atomic E-state index is -0.206. The summed E-state index contributed by atoms with van der Waals surface area (Å²) < 4.78 is 4.73. The molecule has 0 aliphatic rings. The van der Waals surface area contributed by atoms with Gasteiger partial charge in [0.25, 0.3) is 0 Å². The number of carbonyl (C=O) groups excluding carboxylic acids is 1. The molecule has 0 saturated heterocycles. The Hall–Kier alpha value is -0.480. The fourth-order valence-electron chi connectivity index (χ4n) is 0.490. The van der Waals surface area contributed by atoms with Gasteiger partial charge in [-0.05, 0) is 0 Å². The third-order valence-corrected chi connectivity index (χ3v) is 1.16. The number of halogens is 1. The number of rotatable bonds is 5. The average Bonchev–Trinajstić information content (AvgIpc) is 2.01. The molecule has 0 aromatic rings. The number of hydrogen-bond donors (Lipinski definition) is 2. The Bertz CT molecular complexity index is 111. The Morgan fingerprint density at radius 3 is 2.64 bits per heavy atom. The monoisotopic (exact) mass is 180 g/mol. The van der Waals surface area contributed by atoms with E-state index < -0.39 is 0 Å². The maximum atomic E-state index is 10.7. The summed E-state index contributed by atoms with van der Waals surface area (Å²) in [4.78, 5) is 10.7. The van der Waals surface area contributed by atoms with Crippen LogP contribution in [-0.2, 0) is 4.74 Å². The highest BCUT2D eigenvalue weighted by molar-refractivity contribution is 6.18. The molecule has 0 rings (SSSR count). The summed E-state index contributed by atoms with van der Waals surface area (Å²) in [7, 11) is 1.58. The van der Waals surface area contributed by atoms with Crippen LogP contribution < -0.4 is 10.6 Å². The molecule has 2 amide bonds. The number of amides is 2. The molecule has 0 atom stereocenters. The normalized spacial score (nSPS) is 9.27. The van der Waals surface area contributed by atoms with E-state index in [2.05, 4.69) is 10.6 Å². The Balaban J connectivity index is 3.09. The van der Waals surface area contributed by atoms with Gasteiger partial charge in [0.15, 0.2) is 0 Å². The second-order valence-corrected chi connectivity index (χ2v) is 2.24. The van der Waals surface area contributed by atoms with Crippen LogP contribution in [0.5, 0.6) is 0 Å². The molecule has 0 bridgehead atoms. The van der Waals surface area contributed by atoms with E-state index in [4.69, 9.17) is 16.3 Å². The van der Waals surface area contributed by atoms with Crippen LogP contribution in [0.2, 0.25) is 0 Å². The fraction of sp³-hybridized carbons (Fsp3) is 0.833. The van der Waals surface area contributed by atoms with E-state index in [9.17, 15) is 4.79 Å². The standard InChI is InChI=1S/C6H13ClN2O2/c1-11-5-4-9-6(10)8-3-2-7/h2-5H2,1H3,(H2,8,9,10). The molecule has 0 aromatic heterocycles. The highest BCUT2D eigenvalue weighted by Gasteiger charge is 1.95. The summed E-state index contributed by atoms with van der Waals surface area (Å²) in [6.07, 6.45) is 0. The van der Waals surface area contributed by atoms with E-state index in [0.717, 1.165) is 0 Å². The fourth-order valence-corrected chi connectivity index (χ4v) is 0.584. The lowest BCUT2D eigenvalue weighted by Gasteiger charge is -2.04. The van der Waals surface area contributed by atoms with Crippen molar-refractivity contribution in [2.45, 2.75) is 0 Å². The number of nitrogens with one attached hydrogen (secondary N) is 2. The van der Waals surface area contributed by atoms with Crippen molar-refractivity contribution in [2.24, 2.45) is 0 Å². The van der Waals surface area contributed by atoms with Gasteiger partial charge in [-0.3, -0.25) is 0 Å². The SMILES string of the molecule is COCCNC(=O)NCCCl. The molecule has 0 aliphatic heterocycles. The molecule has 0 aliphatic carbocycles. The third kappa shape index (κ3) is 7.42. The first-order valence-corrected chi connectivity index (χ1v) is 3.91. The molecule has 0 saturated carbocycles. The highest BCUT2D eigenvalue weighted by atomic mass is 35.5. The quantitative estimate of drug-likeness (QED) is 0.468. The van der Waals surface area contributed by atoms with Crippen LogP contribution in [0, 0.1) is 0 Å². The average molecular weight is 181 g/mol. The number of alkyl halides is 1. The lowest BCUT2D eigenvalue weighted by molar-refractivity contribution is 0.196. The molecular weight excluding hydrogens is 168 g/mol. The molecule has 0 spiro atoms. The summed E-state index contributed by atoms with van der Waals surface area (Å²) in [5.41, 5.74) is 0. The molecule has 0 aromatic carbocycles. The summed E-state index contributed by atoms with van der Waals surface area (Å²) >= 11 is 5.34. The number of carbonyl (C=O) groups is 1. The van der Waals surface area contributed by atoms with Gasteiger partial charge in [-0.15, -0.1) is 11.6 Å². The number of ether oxygens (including phenoxy) is 1. The molecule has 2 N–H and O–H groups in total. The van der Waals surface area contributed by atoms with Crippen molar-refractivity contribution in [1.29, 1.82) is 0 Å². The van der Waals surface area contributed by atoms with E-state index in [0.29, 0.717) is 25.6 Å². The smallest absolute Gasteiger partial charge is 0.314 e. The number of methoxy groups -OCH3 is 1. The van der Waals surface area contributed by atoms with E-state index in [1.807, 2.05) is 0 Å². The summed E-state index contributed by atoms with van der Waals surface area (Å²) in [5, 5.41) is 5.14. The van der Waals surface area contributed by atoms with Gasteiger partial charge in [0.05, 0.1) is 6.61 Å². The van der Waals surface area contributed by atoms with Gasteiger partial charge in [0.2, 0.25) is 0 Å². The minimum Gasteiger partial charge on any atom is -0.383 e. The lowest BCUT2D eigenvalue weighted by Crippen LogP contribution is -2.38. The van der Waals surface area contributed by atoms with Crippen LogP contribution in [0.4, 0.5) is 4.79 Å². The highest BCUT2D eigenvalue weighted by Crippen LogP contribution is 1.71. The summed E-state index contributed by atoms with van der Waals surface area (Å²) in [6, 6.07) is -0.206. The van der Waals surface area contributed by atoms with Crippen molar-refractivity contribution in [2.75, 3.05) is 32.7 Å². The Morgan fingerprint density at radius 2 is 2.09 bits per heavy atom. The molecular formula is C6H13ClN2O2. The van der Waals surface area contributed by atoms with Crippen molar-refractivity contribution in [1.82, 2.24) is 10.6 Å². The molecule has 11 heavy (non-hydrogen) atoms. The molecule has 0 unspecified atom stereocenters. The van der Waals surface area contributed by atoms with Gasteiger partial charge in [-0.1, -0.05) is 0 Å². The Kier molecular flexibility index (Phi) is 7.29. The van der Waals surface area contributed by atoms with Gasteiger partial charge < -0.3 is 15.4 Å². The molecule has 0 fully saturated rings. The first-order valence-electron chi connectivity index (χ1n) is 3.38. The summed E-state index contributed by atoms with van der Waals surface area (Å²) in [5.74, 6) is 0.428. The van der Waals surface area contributed by atoms with Crippen LogP contribution >= 0.6 is 11.6 Å². The minimum absolute atomic E-state index is 0.206. The van der Waals surface area contributed by atoms with E-state index in [1.54, 1.807) is 7.11 Å². The van der Waals surface area contributed by atoms with Crippen molar-refractivity contribution >= 4 is 17.6 Å². The maximum absolute atomic E-state index is 10.7. The summed E-state index contributed by atoms with van der Waals surface area (Å²) in [6.45, 7) is 1.53. The molecule has 0 heterocycles.